The second kappa shape index (κ2) is 11.6. The first-order chi connectivity index (χ1) is 17.3. The molecule has 0 atom stereocenters. The Morgan fingerprint density at radius 1 is 1.11 bits per heavy atom. The van der Waals surface area contributed by atoms with E-state index in [1.54, 1.807) is 12.3 Å². The van der Waals surface area contributed by atoms with Crippen LogP contribution in [0.5, 0.6) is 11.6 Å². The predicted octanol–water partition coefficient (Wildman–Crippen LogP) is 3.19. The fraction of sp³-hybridized carbons (Fsp3) is 0.522. The quantitative estimate of drug-likeness (QED) is 0.404. The lowest BCUT2D eigenvalue weighted by molar-refractivity contribution is -0.137. The first-order valence-electron chi connectivity index (χ1n) is 11.7. The van der Waals surface area contributed by atoms with Crippen LogP contribution in [-0.2, 0) is 10.9 Å². The average molecular weight is 512 g/mol. The summed E-state index contributed by atoms with van der Waals surface area (Å²) in [4.78, 5) is 20.9. The monoisotopic (exact) mass is 511 g/mol. The zero-order valence-corrected chi connectivity index (χ0v) is 19.4. The van der Waals surface area contributed by atoms with E-state index < -0.39 is 17.8 Å². The molecule has 10 nitrogen and oxygen atoms in total. The van der Waals surface area contributed by atoms with Gasteiger partial charge >= 0.3 is 12.2 Å². The molecule has 1 aliphatic heterocycles. The van der Waals surface area contributed by atoms with Gasteiger partial charge in [0.2, 0.25) is 11.8 Å². The minimum absolute atomic E-state index is 0.0450. The molecule has 1 aliphatic carbocycles. The number of benzene rings is 1. The fourth-order valence-electron chi connectivity index (χ4n) is 3.87. The van der Waals surface area contributed by atoms with Crippen LogP contribution in [0.4, 0.5) is 29.6 Å². The van der Waals surface area contributed by atoms with Crippen molar-refractivity contribution >= 4 is 17.7 Å². The molecule has 13 heteroatoms. The van der Waals surface area contributed by atoms with Gasteiger partial charge in [-0.3, -0.25) is 0 Å². The lowest BCUT2D eigenvalue weighted by atomic mass is 9.93. The minimum atomic E-state index is -4.55. The molecular formula is C23H28F3N5O5. The number of nitrogens with zero attached hydrogens (tertiary/aromatic N) is 2. The Balaban J connectivity index is 1.29. The molecular weight excluding hydrogens is 483 g/mol. The lowest BCUT2D eigenvalue weighted by Gasteiger charge is -2.30. The highest BCUT2D eigenvalue weighted by atomic mass is 19.4. The molecule has 0 spiro atoms. The van der Waals surface area contributed by atoms with E-state index in [2.05, 4.69) is 25.9 Å². The third-order valence-corrected chi connectivity index (χ3v) is 5.78. The van der Waals surface area contributed by atoms with Crippen molar-refractivity contribution in [3.05, 3.63) is 36.0 Å². The molecule has 4 rings (SSSR count). The molecule has 1 saturated heterocycles. The van der Waals surface area contributed by atoms with Crippen molar-refractivity contribution in [2.24, 2.45) is 0 Å². The number of hydrogen-bond acceptors (Lipinski definition) is 8. The number of aliphatic hydroxyl groups is 1. The first-order valence-corrected chi connectivity index (χ1v) is 11.7. The average Bonchev–Trinajstić information content (AvgIpc) is 2.81. The van der Waals surface area contributed by atoms with E-state index in [0.717, 1.165) is 12.1 Å². The van der Waals surface area contributed by atoms with Crippen LogP contribution in [0.25, 0.3) is 0 Å². The van der Waals surface area contributed by atoms with E-state index in [1.165, 1.54) is 6.07 Å². The summed E-state index contributed by atoms with van der Waals surface area (Å²) in [7, 11) is 0. The molecule has 0 bridgehead atoms. The van der Waals surface area contributed by atoms with Crippen LogP contribution >= 0.6 is 0 Å². The second-order valence-electron chi connectivity index (χ2n) is 8.54. The van der Waals surface area contributed by atoms with Crippen LogP contribution in [0.3, 0.4) is 0 Å². The van der Waals surface area contributed by atoms with Crippen LogP contribution in [-0.4, -0.2) is 65.7 Å². The molecule has 0 radical (unpaired) electrons. The van der Waals surface area contributed by atoms with Gasteiger partial charge < -0.3 is 35.3 Å². The second-order valence-corrected chi connectivity index (χ2v) is 8.54. The Bertz CT molecular complexity index is 1030. The normalized spacial score (nSPS) is 20.2. The van der Waals surface area contributed by atoms with Crippen molar-refractivity contribution in [2.45, 2.75) is 50.1 Å². The Morgan fingerprint density at radius 2 is 1.89 bits per heavy atom. The van der Waals surface area contributed by atoms with Gasteiger partial charge in [-0.1, -0.05) is 0 Å². The molecule has 2 aromatic rings. The molecule has 2 aliphatic rings. The number of carbonyl (C=O) groups excluding carboxylic acids is 1. The highest BCUT2D eigenvalue weighted by molar-refractivity contribution is 5.91. The summed E-state index contributed by atoms with van der Waals surface area (Å²) in [6.07, 6.45) is -0.778. The van der Waals surface area contributed by atoms with Crippen LogP contribution < -0.4 is 25.4 Å². The van der Waals surface area contributed by atoms with E-state index >= 15 is 0 Å². The molecule has 2 heterocycles. The summed E-state index contributed by atoms with van der Waals surface area (Å²) in [5, 5.41) is 17.1. The topological polar surface area (TPSA) is 127 Å². The van der Waals surface area contributed by atoms with E-state index in [9.17, 15) is 18.0 Å². The molecule has 4 N–H and O–H groups in total. The van der Waals surface area contributed by atoms with Gasteiger partial charge in [0.05, 0.1) is 31.1 Å². The third kappa shape index (κ3) is 7.10. The predicted molar refractivity (Wildman–Crippen MR) is 123 cm³/mol. The Morgan fingerprint density at radius 3 is 2.56 bits per heavy atom. The van der Waals surface area contributed by atoms with Gasteiger partial charge in [-0.15, -0.1) is 0 Å². The number of halogens is 3. The number of aromatic nitrogens is 2. The van der Waals surface area contributed by atoms with Crippen molar-refractivity contribution in [1.82, 2.24) is 15.3 Å². The zero-order valence-electron chi connectivity index (χ0n) is 19.4. The smallest absolute Gasteiger partial charge is 0.416 e. The van der Waals surface area contributed by atoms with Crippen molar-refractivity contribution in [1.29, 1.82) is 0 Å². The van der Waals surface area contributed by atoms with Crippen molar-refractivity contribution < 1.29 is 37.3 Å². The van der Waals surface area contributed by atoms with E-state index in [-0.39, 0.29) is 36.3 Å². The van der Waals surface area contributed by atoms with E-state index in [4.69, 9.17) is 19.3 Å². The number of urea groups is 1. The maximum Gasteiger partial charge on any atom is 0.416 e. The van der Waals surface area contributed by atoms with Gasteiger partial charge in [0.25, 0.3) is 0 Å². The fourth-order valence-corrected chi connectivity index (χ4v) is 3.87. The number of ether oxygens (including phenoxy) is 3. The van der Waals surface area contributed by atoms with Crippen LogP contribution in [0, 0.1) is 0 Å². The maximum atomic E-state index is 13.2. The van der Waals surface area contributed by atoms with Crippen LogP contribution in [0.1, 0.15) is 31.2 Å². The molecule has 2 fully saturated rings. The number of anilines is 2. The number of alkyl halides is 3. The van der Waals surface area contributed by atoms with Gasteiger partial charge in [0, 0.05) is 24.8 Å². The number of aliphatic hydroxyl groups excluding tert-OH is 1. The number of rotatable bonds is 9. The van der Waals surface area contributed by atoms with Crippen molar-refractivity contribution in [2.75, 3.05) is 37.0 Å². The van der Waals surface area contributed by atoms with Crippen molar-refractivity contribution in [3.8, 4) is 11.6 Å². The molecule has 2 amide bonds. The third-order valence-electron chi connectivity index (χ3n) is 5.78. The number of hydrogen-bond donors (Lipinski definition) is 4. The minimum Gasteiger partial charge on any atom is -0.483 e. The van der Waals surface area contributed by atoms with Gasteiger partial charge in [-0.2, -0.15) is 18.2 Å². The van der Waals surface area contributed by atoms with Crippen LogP contribution in [0.2, 0.25) is 0 Å². The van der Waals surface area contributed by atoms with Crippen molar-refractivity contribution in [3.63, 3.8) is 0 Å². The Hall–Kier alpha value is -3.32. The standard InChI is InChI=1S/C23H28F3N5O5/c24-23(25,26)14-1-6-19(35-17-12-34-13-17)18(11-14)30-22(33)29-15-2-4-16(5-3-15)36-20-7-8-27-21(31-20)28-9-10-32/h1,6-8,11,15-17,32H,2-5,9-10,12-13H2,(H,27,28,31)(H2,29,30,33). The van der Waals surface area contributed by atoms with Gasteiger partial charge in [-0.05, 0) is 43.9 Å². The molecule has 0 unspecified atom stereocenters. The first kappa shape index (κ1) is 25.8. The largest absolute Gasteiger partial charge is 0.483 e. The lowest BCUT2D eigenvalue weighted by Crippen LogP contribution is -2.42. The summed E-state index contributed by atoms with van der Waals surface area (Å²) in [6, 6.07) is 3.87. The number of carbonyl (C=O) groups is 1. The molecule has 36 heavy (non-hydrogen) atoms. The summed E-state index contributed by atoms with van der Waals surface area (Å²) < 4.78 is 56.2. The molecule has 1 aromatic carbocycles. The molecule has 1 saturated carbocycles. The SMILES string of the molecule is O=C(Nc1cc(C(F)(F)F)ccc1OC1COC1)NC1CCC(Oc2ccnc(NCCO)n2)CC1. The van der Waals surface area contributed by atoms with Gasteiger partial charge in [0.1, 0.15) is 18.0 Å². The van der Waals surface area contributed by atoms with Gasteiger partial charge in [0.15, 0.2) is 0 Å². The number of nitrogens with one attached hydrogen (secondary N) is 3. The maximum absolute atomic E-state index is 13.2. The Kier molecular flexibility index (Phi) is 8.31. The highest BCUT2D eigenvalue weighted by Crippen LogP contribution is 2.36. The summed E-state index contributed by atoms with van der Waals surface area (Å²) in [6.45, 7) is 0.961. The van der Waals surface area contributed by atoms with E-state index in [0.29, 0.717) is 57.3 Å². The highest BCUT2D eigenvalue weighted by Gasteiger charge is 2.32. The summed E-state index contributed by atoms with van der Waals surface area (Å²) in [5.41, 5.74) is -0.937. The molecule has 1 aromatic heterocycles. The van der Waals surface area contributed by atoms with Crippen LogP contribution in [0.15, 0.2) is 30.5 Å². The van der Waals surface area contributed by atoms with E-state index in [1.807, 2.05) is 0 Å². The van der Waals surface area contributed by atoms with Gasteiger partial charge in [-0.25, -0.2) is 9.78 Å². The summed E-state index contributed by atoms with van der Waals surface area (Å²) >= 11 is 0. The molecule has 196 valence electrons. The summed E-state index contributed by atoms with van der Waals surface area (Å²) in [5.74, 6) is 0.922. The Labute approximate surface area is 205 Å². The number of amides is 2. The zero-order chi connectivity index (χ0) is 25.5.